The van der Waals surface area contributed by atoms with Crippen LogP contribution in [0.5, 0.6) is 0 Å². The van der Waals surface area contributed by atoms with Crippen molar-refractivity contribution in [3.05, 3.63) is 114 Å². The predicted molar refractivity (Wildman–Crippen MR) is 131 cm³/mol. The smallest absolute Gasteiger partial charge is 0.538 e. The topological polar surface area (TPSA) is 49.9 Å². The fourth-order valence-corrected chi connectivity index (χ4v) is 3.88. The van der Waals surface area contributed by atoms with E-state index in [0.29, 0.717) is 6.29 Å². The summed E-state index contributed by atoms with van der Waals surface area (Å²) in [7, 11) is 0. The first-order valence-corrected chi connectivity index (χ1v) is 11.6. The summed E-state index contributed by atoms with van der Waals surface area (Å²) in [4.78, 5) is 25.5. The van der Waals surface area contributed by atoms with E-state index in [1.54, 1.807) is 24.3 Å². The van der Waals surface area contributed by atoms with Gasteiger partial charge in [0.25, 0.3) is 0 Å². The summed E-state index contributed by atoms with van der Waals surface area (Å²) in [6.07, 6.45) is -8.56. The zero-order valence-corrected chi connectivity index (χ0v) is 22.0. The van der Waals surface area contributed by atoms with Crippen molar-refractivity contribution in [3.63, 3.8) is 0 Å². The zero-order valence-electron chi connectivity index (χ0n) is 20.7. The van der Waals surface area contributed by atoms with E-state index in [1.807, 2.05) is 35.2 Å². The third-order valence-corrected chi connectivity index (χ3v) is 5.77. The molecule has 5 nitrogen and oxygen atoms in total. The minimum absolute atomic E-state index is 0. The summed E-state index contributed by atoms with van der Waals surface area (Å²) in [5.74, 6) is -0.833. The maximum absolute atomic E-state index is 13.4. The van der Waals surface area contributed by atoms with Crippen molar-refractivity contribution >= 4 is 12.4 Å². The maximum Gasteiger partial charge on any atom is 2.00 e. The summed E-state index contributed by atoms with van der Waals surface area (Å²) < 4.78 is 68.9. The first-order chi connectivity index (χ1) is 18.1. The van der Waals surface area contributed by atoms with Crippen molar-refractivity contribution in [2.75, 3.05) is 26.2 Å². The van der Waals surface area contributed by atoms with Gasteiger partial charge in [0, 0.05) is 26.2 Å². The molecule has 1 radical (unpaired) electrons. The second-order valence-corrected chi connectivity index (χ2v) is 8.44. The number of carbonyl (C=O) groups is 1. The quantitative estimate of drug-likeness (QED) is 0.285. The first kappa shape index (κ1) is 31.9. The molecule has 1 saturated heterocycles. The Bertz CT molecular complexity index is 1130. The Morgan fingerprint density at radius 2 is 1.28 bits per heavy atom. The molecule has 1 fully saturated rings. The summed E-state index contributed by atoms with van der Waals surface area (Å²) in [5.41, 5.74) is 2.54. The Morgan fingerprint density at radius 1 is 0.821 bits per heavy atom. The monoisotopic (exact) mass is 583 g/mol. The molecule has 0 aliphatic carbocycles. The largest absolute Gasteiger partial charge is 2.00 e. The molecule has 1 heterocycles. The van der Waals surface area contributed by atoms with E-state index >= 15 is 0 Å². The van der Waals surface area contributed by atoms with Crippen molar-refractivity contribution in [1.29, 1.82) is 0 Å². The van der Waals surface area contributed by atoms with Crippen LogP contribution in [-0.4, -0.2) is 60.6 Å². The maximum atomic E-state index is 13.4. The van der Waals surface area contributed by atoms with Crippen LogP contribution in [0.1, 0.15) is 22.7 Å². The average molecular weight is 583 g/mol. The molecular formula is C28H25F5N2O3V. The van der Waals surface area contributed by atoms with Crippen molar-refractivity contribution in [2.45, 2.75) is 18.3 Å². The van der Waals surface area contributed by atoms with Crippen LogP contribution in [0.2, 0.25) is 0 Å². The number of hydrogen-bond donors (Lipinski definition) is 0. The van der Waals surface area contributed by atoms with E-state index in [4.69, 9.17) is 0 Å². The van der Waals surface area contributed by atoms with E-state index in [-0.39, 0.29) is 50.8 Å². The number of piperazine rings is 1. The van der Waals surface area contributed by atoms with E-state index < -0.39 is 30.0 Å². The first-order valence-electron chi connectivity index (χ1n) is 11.6. The number of carbonyl (C=O) groups excluding carboxylic acids is 2. The fraction of sp³-hybridized carbons (Fsp3) is 0.250. The Kier molecular flexibility index (Phi) is 12.0. The SMILES string of the molecule is O=[C-]C(OC(=O)N1CCN(C(c2ccc(F)cc2)c2ccc(F)cc2)CC1)C(F)(F)F.[CH2-]c1ccccc1.[V+2]. The molecule has 3 aromatic rings. The molecular weight excluding hydrogens is 558 g/mol. The van der Waals surface area contributed by atoms with Gasteiger partial charge in [-0.15, -0.1) is 12.1 Å². The summed E-state index contributed by atoms with van der Waals surface area (Å²) in [6.45, 7) is 4.33. The minimum Gasteiger partial charge on any atom is -0.538 e. The standard InChI is InChI=1S/C21H18F5N2O3.C7H7.V/c22-16-5-1-14(2-6-16)19(15-3-7-17(23)8-4-15)27-9-11-28(12-10-27)20(30)31-18(13-29)21(24,25)26;1-7-5-3-2-4-6-7;/h1-8,18-19H,9-12H2;2-6H,1H2;/q2*-1;+2. The van der Waals surface area contributed by atoms with E-state index in [0.717, 1.165) is 21.6 Å². The second-order valence-electron chi connectivity index (χ2n) is 8.44. The number of ether oxygens (including phenoxy) is 1. The van der Waals surface area contributed by atoms with Crippen LogP contribution in [0.25, 0.3) is 0 Å². The van der Waals surface area contributed by atoms with Crippen LogP contribution < -0.4 is 0 Å². The molecule has 0 spiro atoms. The van der Waals surface area contributed by atoms with Gasteiger partial charge in [0.1, 0.15) is 17.7 Å². The molecule has 0 N–H and O–H groups in total. The van der Waals surface area contributed by atoms with Crippen molar-refractivity contribution in [1.82, 2.24) is 9.80 Å². The van der Waals surface area contributed by atoms with Crippen LogP contribution in [0.3, 0.4) is 0 Å². The Labute approximate surface area is 235 Å². The van der Waals surface area contributed by atoms with Gasteiger partial charge < -0.3 is 14.4 Å². The Morgan fingerprint density at radius 3 is 1.64 bits per heavy atom. The van der Waals surface area contributed by atoms with Crippen molar-refractivity contribution < 1.29 is 54.8 Å². The zero-order chi connectivity index (χ0) is 27.7. The third-order valence-electron chi connectivity index (χ3n) is 5.77. The molecule has 0 saturated carbocycles. The van der Waals surface area contributed by atoms with Crippen molar-refractivity contribution in [2.24, 2.45) is 0 Å². The number of hydrogen-bond acceptors (Lipinski definition) is 4. The van der Waals surface area contributed by atoms with Crippen molar-refractivity contribution in [3.8, 4) is 0 Å². The molecule has 1 atom stereocenters. The van der Waals surface area contributed by atoms with Gasteiger partial charge in [-0.3, -0.25) is 4.90 Å². The fourth-order valence-electron chi connectivity index (χ4n) is 3.88. The van der Waals surface area contributed by atoms with Crippen LogP contribution in [0, 0.1) is 18.6 Å². The average Bonchev–Trinajstić information content (AvgIpc) is 2.90. The normalized spacial score (nSPS) is 14.5. The number of alkyl halides is 3. The van der Waals surface area contributed by atoms with Crippen LogP contribution in [0.4, 0.5) is 26.7 Å². The third kappa shape index (κ3) is 9.42. The van der Waals surface area contributed by atoms with Gasteiger partial charge in [-0.05, 0) is 35.4 Å². The molecule has 1 aliphatic rings. The molecule has 3 aromatic carbocycles. The van der Waals surface area contributed by atoms with Gasteiger partial charge >= 0.3 is 30.8 Å². The molecule has 4 rings (SSSR count). The molecule has 1 unspecified atom stereocenters. The minimum atomic E-state index is -5.03. The Hall–Kier alpha value is -3.34. The number of halogens is 5. The van der Waals surface area contributed by atoms with Crippen LogP contribution >= 0.6 is 0 Å². The Balaban J connectivity index is 0.000000579. The molecule has 1 amide bonds. The summed E-state index contributed by atoms with van der Waals surface area (Å²) >= 11 is 0. The van der Waals surface area contributed by atoms with Gasteiger partial charge in [0.05, 0.1) is 6.04 Å². The van der Waals surface area contributed by atoms with E-state index in [1.165, 1.54) is 24.3 Å². The molecule has 0 aromatic heterocycles. The number of benzene rings is 3. The molecule has 0 bridgehead atoms. The predicted octanol–water partition coefficient (Wildman–Crippen LogP) is 5.72. The number of rotatable bonds is 5. The van der Waals surface area contributed by atoms with Gasteiger partial charge in [0.15, 0.2) is 0 Å². The molecule has 1 aliphatic heterocycles. The van der Waals surface area contributed by atoms with Crippen LogP contribution in [0.15, 0.2) is 78.9 Å². The second kappa shape index (κ2) is 14.7. The van der Waals surface area contributed by atoms with Gasteiger partial charge in [-0.25, -0.2) is 19.9 Å². The number of amides is 1. The number of nitrogens with zero attached hydrogens (tertiary/aromatic N) is 2. The van der Waals surface area contributed by atoms with E-state index in [9.17, 15) is 31.5 Å². The van der Waals surface area contributed by atoms with E-state index in [2.05, 4.69) is 11.7 Å². The van der Waals surface area contributed by atoms with Gasteiger partial charge in [-0.1, -0.05) is 30.3 Å². The van der Waals surface area contributed by atoms with Crippen LogP contribution in [-0.2, 0) is 28.1 Å². The summed E-state index contributed by atoms with van der Waals surface area (Å²) in [6, 6.07) is 21.1. The molecule has 11 heteroatoms. The van der Waals surface area contributed by atoms with Gasteiger partial charge in [0.2, 0.25) is 0 Å². The molecule has 39 heavy (non-hydrogen) atoms. The summed E-state index contributed by atoms with van der Waals surface area (Å²) in [5, 5.41) is 0. The van der Waals surface area contributed by atoms with Gasteiger partial charge in [-0.2, -0.15) is 37.8 Å². The molecule has 205 valence electrons.